The van der Waals surface area contributed by atoms with Crippen molar-refractivity contribution in [3.8, 4) is 0 Å². The summed E-state index contributed by atoms with van der Waals surface area (Å²) in [5.41, 5.74) is 1.27. The highest BCUT2D eigenvalue weighted by Gasteiger charge is 2.37. The van der Waals surface area contributed by atoms with Crippen LogP contribution in [0.25, 0.3) is 10.2 Å². The zero-order valence-corrected chi connectivity index (χ0v) is 18.0. The van der Waals surface area contributed by atoms with Crippen molar-refractivity contribution in [1.29, 1.82) is 0 Å². The van der Waals surface area contributed by atoms with Crippen molar-refractivity contribution in [2.45, 2.75) is 0 Å². The van der Waals surface area contributed by atoms with Gasteiger partial charge in [-0.3, -0.25) is 24.2 Å². The molecule has 0 fully saturated rings. The Morgan fingerprint density at radius 2 is 1.70 bits per heavy atom. The Balaban J connectivity index is 1.62. The molecule has 3 aromatic rings. The number of hydrogen-bond donors (Lipinski definition) is 0. The lowest BCUT2D eigenvalue weighted by Gasteiger charge is -2.24. The van der Waals surface area contributed by atoms with Gasteiger partial charge in [-0.2, -0.15) is 0 Å². The number of thiazole rings is 1. The van der Waals surface area contributed by atoms with Gasteiger partial charge in [0.1, 0.15) is 12.1 Å². The van der Waals surface area contributed by atoms with E-state index in [9.17, 15) is 14.4 Å². The molecule has 0 unspecified atom stereocenters. The van der Waals surface area contributed by atoms with Crippen molar-refractivity contribution in [3.05, 3.63) is 58.6 Å². The molecule has 2 aromatic carbocycles. The van der Waals surface area contributed by atoms with Gasteiger partial charge in [0.25, 0.3) is 11.8 Å². The minimum absolute atomic E-state index is 0.321. The zero-order valence-electron chi connectivity index (χ0n) is 16.5. The molecule has 0 bridgehead atoms. The fourth-order valence-corrected chi connectivity index (χ4v) is 4.56. The molecule has 0 saturated heterocycles. The highest BCUT2D eigenvalue weighted by Crippen LogP contribution is 2.33. The Hall–Kier alpha value is -2.81. The fraction of sp³-hybridized carbons (Fsp3) is 0.238. The molecular formula is C21H19ClN4O3S. The Morgan fingerprint density at radius 3 is 2.30 bits per heavy atom. The minimum Gasteiger partial charge on any atom is -0.308 e. The molecule has 7 nitrogen and oxygen atoms in total. The minimum atomic E-state index is -0.455. The van der Waals surface area contributed by atoms with E-state index >= 15 is 0 Å². The normalized spacial score (nSPS) is 13.4. The Kier molecular flexibility index (Phi) is 5.55. The molecule has 30 heavy (non-hydrogen) atoms. The Morgan fingerprint density at radius 1 is 1.03 bits per heavy atom. The number of fused-ring (bicyclic) bond motifs is 2. The smallest absolute Gasteiger partial charge is 0.262 e. The maximum atomic E-state index is 13.2. The monoisotopic (exact) mass is 442 g/mol. The van der Waals surface area contributed by atoms with E-state index in [1.165, 1.54) is 16.2 Å². The largest absolute Gasteiger partial charge is 0.308 e. The third-order valence-electron chi connectivity index (χ3n) is 4.83. The van der Waals surface area contributed by atoms with Gasteiger partial charge in [-0.25, -0.2) is 4.98 Å². The van der Waals surface area contributed by atoms with Crippen LogP contribution in [0.3, 0.4) is 0 Å². The molecule has 0 aliphatic carbocycles. The first-order chi connectivity index (χ1) is 14.4. The number of likely N-dealkylation sites (N-methyl/N-ethyl adjacent to an activating group) is 1. The van der Waals surface area contributed by atoms with E-state index in [4.69, 9.17) is 11.6 Å². The van der Waals surface area contributed by atoms with Gasteiger partial charge in [0, 0.05) is 13.1 Å². The molecule has 0 spiro atoms. The first-order valence-corrected chi connectivity index (χ1v) is 10.5. The molecule has 9 heteroatoms. The van der Waals surface area contributed by atoms with E-state index in [1.54, 1.807) is 30.3 Å². The summed E-state index contributed by atoms with van der Waals surface area (Å²) in [5, 5.41) is 0.997. The number of carbonyl (C=O) groups is 3. The van der Waals surface area contributed by atoms with Gasteiger partial charge in [-0.1, -0.05) is 41.1 Å². The van der Waals surface area contributed by atoms with E-state index in [2.05, 4.69) is 4.98 Å². The number of halogens is 1. The summed E-state index contributed by atoms with van der Waals surface area (Å²) < 4.78 is 0.862. The van der Waals surface area contributed by atoms with Crippen molar-refractivity contribution in [2.24, 2.45) is 0 Å². The van der Waals surface area contributed by atoms with Gasteiger partial charge in [0.15, 0.2) is 5.13 Å². The molecule has 0 radical (unpaired) electrons. The van der Waals surface area contributed by atoms with Crippen molar-refractivity contribution < 1.29 is 14.4 Å². The molecule has 4 rings (SSSR count). The summed E-state index contributed by atoms with van der Waals surface area (Å²) in [6, 6.07) is 12.1. The average molecular weight is 443 g/mol. The topological polar surface area (TPSA) is 73.8 Å². The first kappa shape index (κ1) is 20.5. The zero-order chi connectivity index (χ0) is 21.4. The molecule has 1 aromatic heterocycles. The molecule has 2 heterocycles. The van der Waals surface area contributed by atoms with E-state index < -0.39 is 11.8 Å². The van der Waals surface area contributed by atoms with Crippen LogP contribution in [0.1, 0.15) is 20.7 Å². The molecule has 3 amide bonds. The number of para-hydroxylation sites is 1. The van der Waals surface area contributed by atoms with Crippen LogP contribution in [0, 0.1) is 0 Å². The molecule has 0 atom stereocenters. The summed E-state index contributed by atoms with van der Waals surface area (Å²) in [4.78, 5) is 47.5. The second kappa shape index (κ2) is 8.14. The van der Waals surface area contributed by atoms with Crippen LogP contribution in [0.4, 0.5) is 5.13 Å². The number of amides is 3. The van der Waals surface area contributed by atoms with E-state index in [1.807, 2.05) is 31.1 Å². The number of aromatic nitrogens is 1. The van der Waals surface area contributed by atoms with Crippen LogP contribution in [0.5, 0.6) is 0 Å². The number of hydrogen-bond acceptors (Lipinski definition) is 6. The Bertz CT molecular complexity index is 1130. The summed E-state index contributed by atoms with van der Waals surface area (Å²) in [6.07, 6.45) is 0. The maximum absolute atomic E-state index is 13.2. The third-order valence-corrected chi connectivity index (χ3v) is 6.18. The molecular weight excluding hydrogens is 424 g/mol. The van der Waals surface area contributed by atoms with Crippen LogP contribution in [-0.4, -0.2) is 66.2 Å². The highest BCUT2D eigenvalue weighted by molar-refractivity contribution is 7.22. The number of imide groups is 1. The van der Waals surface area contributed by atoms with E-state index in [0.29, 0.717) is 39.9 Å². The number of rotatable bonds is 6. The highest BCUT2D eigenvalue weighted by atomic mass is 35.5. The van der Waals surface area contributed by atoms with E-state index in [-0.39, 0.29) is 12.5 Å². The second-order valence-electron chi connectivity index (χ2n) is 7.17. The molecule has 1 aliphatic heterocycles. The predicted molar refractivity (Wildman–Crippen MR) is 117 cm³/mol. The summed E-state index contributed by atoms with van der Waals surface area (Å²) in [7, 11) is 3.81. The van der Waals surface area contributed by atoms with Crippen LogP contribution >= 0.6 is 22.9 Å². The lowest BCUT2D eigenvalue weighted by Crippen LogP contribution is -2.45. The average Bonchev–Trinajstić information content (AvgIpc) is 3.25. The van der Waals surface area contributed by atoms with Gasteiger partial charge >= 0.3 is 0 Å². The number of carbonyl (C=O) groups excluding carboxylic acids is 3. The SMILES string of the molecule is CN(C)CCN(C(=O)CN1C(=O)c2ccccc2C1=O)c1nc2c(Cl)cccc2s1. The fourth-order valence-electron chi connectivity index (χ4n) is 3.25. The van der Waals surface area contributed by atoms with Crippen molar-refractivity contribution in [2.75, 3.05) is 38.6 Å². The van der Waals surface area contributed by atoms with Crippen LogP contribution in [-0.2, 0) is 4.79 Å². The van der Waals surface area contributed by atoms with E-state index in [0.717, 1.165) is 9.60 Å². The van der Waals surface area contributed by atoms with Gasteiger partial charge in [0.05, 0.1) is 20.8 Å². The van der Waals surface area contributed by atoms with Gasteiger partial charge < -0.3 is 4.90 Å². The van der Waals surface area contributed by atoms with Gasteiger partial charge in [-0.15, -0.1) is 0 Å². The maximum Gasteiger partial charge on any atom is 0.262 e. The molecule has 1 aliphatic rings. The quantitative estimate of drug-likeness (QED) is 0.548. The predicted octanol–water partition coefficient (Wildman–Crippen LogP) is 3.14. The molecule has 0 N–H and O–H groups in total. The first-order valence-electron chi connectivity index (χ1n) is 9.32. The molecule has 154 valence electrons. The lowest BCUT2D eigenvalue weighted by atomic mass is 10.1. The van der Waals surface area contributed by atoms with Crippen molar-refractivity contribution in [1.82, 2.24) is 14.8 Å². The lowest BCUT2D eigenvalue weighted by molar-refractivity contribution is -0.119. The summed E-state index contributed by atoms with van der Waals surface area (Å²) in [5.74, 6) is -1.28. The standard InChI is InChI=1S/C21H19ClN4O3S/c1-24(2)10-11-25(21-23-18-15(22)8-5-9-16(18)30-21)17(27)12-26-19(28)13-6-3-4-7-14(13)20(26)29/h3-9H,10-12H2,1-2H3. The van der Waals surface area contributed by atoms with Crippen LogP contribution in [0.15, 0.2) is 42.5 Å². The van der Waals surface area contributed by atoms with Gasteiger partial charge in [0.2, 0.25) is 5.91 Å². The summed E-state index contributed by atoms with van der Waals surface area (Å²) >= 11 is 7.59. The van der Waals surface area contributed by atoms with Gasteiger partial charge in [-0.05, 0) is 38.4 Å². The van der Waals surface area contributed by atoms with Crippen LogP contribution < -0.4 is 4.90 Å². The number of anilines is 1. The Labute approximate surface area is 182 Å². The van der Waals surface area contributed by atoms with Crippen molar-refractivity contribution in [3.63, 3.8) is 0 Å². The second-order valence-corrected chi connectivity index (χ2v) is 8.59. The van der Waals surface area contributed by atoms with Crippen LogP contribution in [0.2, 0.25) is 5.02 Å². The number of nitrogens with zero attached hydrogens (tertiary/aromatic N) is 4. The van der Waals surface area contributed by atoms with Crippen molar-refractivity contribution >= 4 is 56.0 Å². The third kappa shape index (κ3) is 3.69. The molecule has 0 saturated carbocycles. The number of benzene rings is 2. The summed E-state index contributed by atoms with van der Waals surface area (Å²) in [6.45, 7) is 0.618.